The van der Waals surface area contributed by atoms with Crippen molar-refractivity contribution in [3.63, 3.8) is 0 Å². The van der Waals surface area contributed by atoms with Crippen LogP contribution >= 0.6 is 0 Å². The number of benzene rings is 1. The molecule has 28 heavy (non-hydrogen) atoms. The molecular formula is C22H23N3O3. The number of carbonyl (C=O) groups is 1. The zero-order valence-electron chi connectivity index (χ0n) is 16.0. The zero-order chi connectivity index (χ0) is 19.5. The molecule has 0 radical (unpaired) electrons. The van der Waals surface area contributed by atoms with Crippen LogP contribution in [0.4, 0.5) is 0 Å². The lowest BCUT2D eigenvalue weighted by atomic mass is 9.76. The lowest BCUT2D eigenvalue weighted by Gasteiger charge is -2.37. The Morgan fingerprint density at radius 3 is 2.43 bits per heavy atom. The quantitative estimate of drug-likeness (QED) is 0.749. The number of methoxy groups -OCH3 is 2. The average Bonchev–Trinajstić information content (AvgIpc) is 2.76. The van der Waals surface area contributed by atoms with Crippen LogP contribution in [0.3, 0.4) is 0 Å². The van der Waals surface area contributed by atoms with Crippen molar-refractivity contribution in [3.8, 4) is 11.5 Å². The van der Waals surface area contributed by atoms with Crippen LogP contribution in [0.2, 0.25) is 0 Å². The van der Waals surface area contributed by atoms with E-state index in [1.165, 1.54) is 0 Å². The summed E-state index contributed by atoms with van der Waals surface area (Å²) in [5.74, 6) is 1.39. The fourth-order valence-corrected chi connectivity index (χ4v) is 3.88. The Bertz CT molecular complexity index is 924. The van der Waals surface area contributed by atoms with E-state index in [4.69, 9.17) is 14.6 Å². The van der Waals surface area contributed by atoms with Crippen molar-refractivity contribution in [2.45, 2.75) is 19.4 Å². The second-order valence-corrected chi connectivity index (χ2v) is 6.96. The number of pyridine rings is 1. The summed E-state index contributed by atoms with van der Waals surface area (Å²) in [4.78, 5) is 17.1. The molecule has 1 aromatic carbocycles. The predicted octanol–water partition coefficient (Wildman–Crippen LogP) is 3.43. The van der Waals surface area contributed by atoms with Gasteiger partial charge in [-0.05, 0) is 48.7 Å². The molecule has 0 spiro atoms. The van der Waals surface area contributed by atoms with E-state index < -0.39 is 0 Å². The first-order chi connectivity index (χ1) is 13.7. The highest BCUT2D eigenvalue weighted by molar-refractivity contribution is 6.07. The summed E-state index contributed by atoms with van der Waals surface area (Å²) in [6, 6.07) is 9.62. The van der Waals surface area contributed by atoms with Crippen molar-refractivity contribution in [2.24, 2.45) is 16.9 Å². The first-order valence-electron chi connectivity index (χ1n) is 9.37. The van der Waals surface area contributed by atoms with Gasteiger partial charge in [0, 0.05) is 23.9 Å². The molecule has 2 atom stereocenters. The van der Waals surface area contributed by atoms with Crippen LogP contribution < -0.4 is 9.47 Å². The number of carbonyl (C=O) groups excluding carboxylic acids is 1. The minimum atomic E-state index is -0.0903. The molecule has 0 unspecified atom stereocenters. The molecule has 0 saturated carbocycles. The molecule has 0 saturated heterocycles. The summed E-state index contributed by atoms with van der Waals surface area (Å²) in [5, 5.41) is 6.39. The molecule has 0 N–H and O–H groups in total. The second-order valence-electron chi connectivity index (χ2n) is 6.96. The number of amides is 1. The summed E-state index contributed by atoms with van der Waals surface area (Å²) in [7, 11) is 3.24. The third kappa shape index (κ3) is 3.38. The number of allylic oxidation sites excluding steroid dienone is 2. The van der Waals surface area contributed by atoms with Gasteiger partial charge in [0.05, 0.1) is 32.4 Å². The van der Waals surface area contributed by atoms with Crippen LogP contribution in [0.1, 0.15) is 24.0 Å². The Kier molecular flexibility index (Phi) is 5.10. The van der Waals surface area contributed by atoms with Crippen LogP contribution in [-0.2, 0) is 11.3 Å². The molecule has 6 nitrogen and oxygen atoms in total. The van der Waals surface area contributed by atoms with Crippen molar-refractivity contribution < 1.29 is 14.3 Å². The van der Waals surface area contributed by atoms with Gasteiger partial charge in [0.2, 0.25) is 5.91 Å². The van der Waals surface area contributed by atoms with Gasteiger partial charge in [0.15, 0.2) is 11.5 Å². The van der Waals surface area contributed by atoms with Gasteiger partial charge >= 0.3 is 0 Å². The standard InChI is InChI=1S/C22H23N3O3/c1-27-19-8-7-16(13-20(19)28-2)21-17-5-3-4-6-18(17)22(26)25(24-21)14-15-9-11-23-12-10-15/h3-4,7-13,17-18H,5-6,14H2,1-2H3/t17-,18+/m1/s1. The van der Waals surface area contributed by atoms with E-state index in [9.17, 15) is 4.79 Å². The first kappa shape index (κ1) is 18.2. The molecule has 2 aliphatic rings. The SMILES string of the molecule is COc1ccc(C2=NN(Cc3ccncc3)C(=O)[C@H]3CC=CC[C@@H]23)cc1OC. The van der Waals surface area contributed by atoms with Crippen LogP contribution in [0, 0.1) is 11.8 Å². The third-order valence-corrected chi connectivity index (χ3v) is 5.34. The van der Waals surface area contributed by atoms with Gasteiger partial charge in [0.1, 0.15) is 0 Å². The molecule has 1 aliphatic carbocycles. The van der Waals surface area contributed by atoms with Gasteiger partial charge in [-0.25, -0.2) is 5.01 Å². The number of ether oxygens (including phenoxy) is 2. The summed E-state index contributed by atoms with van der Waals surface area (Å²) in [6.07, 6.45) is 9.25. The Morgan fingerprint density at radius 2 is 1.71 bits per heavy atom. The van der Waals surface area contributed by atoms with Gasteiger partial charge in [-0.3, -0.25) is 9.78 Å². The second kappa shape index (κ2) is 7.84. The van der Waals surface area contributed by atoms with Gasteiger partial charge < -0.3 is 9.47 Å². The Morgan fingerprint density at radius 1 is 1.00 bits per heavy atom. The van der Waals surface area contributed by atoms with E-state index in [1.54, 1.807) is 31.6 Å². The zero-order valence-corrected chi connectivity index (χ0v) is 16.0. The Labute approximate surface area is 164 Å². The van der Waals surface area contributed by atoms with Crippen molar-refractivity contribution in [1.82, 2.24) is 9.99 Å². The van der Waals surface area contributed by atoms with Crippen molar-refractivity contribution >= 4 is 11.6 Å². The maximum Gasteiger partial charge on any atom is 0.247 e. The van der Waals surface area contributed by atoms with E-state index in [0.717, 1.165) is 29.7 Å². The smallest absolute Gasteiger partial charge is 0.247 e. The molecule has 1 amide bonds. The lowest BCUT2D eigenvalue weighted by Crippen LogP contribution is -2.45. The monoisotopic (exact) mass is 377 g/mol. The van der Waals surface area contributed by atoms with Crippen LogP contribution in [0.5, 0.6) is 11.5 Å². The summed E-state index contributed by atoms with van der Waals surface area (Å²) >= 11 is 0. The van der Waals surface area contributed by atoms with Crippen molar-refractivity contribution in [1.29, 1.82) is 0 Å². The number of rotatable bonds is 5. The van der Waals surface area contributed by atoms with Crippen LogP contribution in [-0.4, -0.2) is 35.8 Å². The van der Waals surface area contributed by atoms with Gasteiger partial charge in [0.25, 0.3) is 0 Å². The minimum Gasteiger partial charge on any atom is -0.493 e. The van der Waals surface area contributed by atoms with Gasteiger partial charge in [-0.1, -0.05) is 12.2 Å². The molecule has 1 aliphatic heterocycles. The number of hydrazone groups is 1. The lowest BCUT2D eigenvalue weighted by molar-refractivity contribution is -0.138. The van der Waals surface area contributed by atoms with E-state index >= 15 is 0 Å². The number of fused-ring (bicyclic) bond motifs is 1. The van der Waals surface area contributed by atoms with Gasteiger partial charge in [-0.15, -0.1) is 0 Å². The van der Waals surface area contributed by atoms with E-state index in [0.29, 0.717) is 18.0 Å². The van der Waals surface area contributed by atoms with Crippen molar-refractivity contribution in [3.05, 3.63) is 66.0 Å². The fraction of sp³-hybridized carbons (Fsp3) is 0.318. The van der Waals surface area contributed by atoms with Gasteiger partial charge in [-0.2, -0.15) is 5.10 Å². The molecule has 1 aromatic heterocycles. The molecule has 0 bridgehead atoms. The number of aromatic nitrogens is 1. The highest BCUT2D eigenvalue weighted by atomic mass is 16.5. The first-order valence-corrected chi connectivity index (χ1v) is 9.37. The minimum absolute atomic E-state index is 0.0734. The van der Waals surface area contributed by atoms with Crippen LogP contribution in [0.15, 0.2) is 60.0 Å². The number of hydrogen-bond acceptors (Lipinski definition) is 5. The maximum absolute atomic E-state index is 13.1. The van der Waals surface area contributed by atoms with E-state index in [-0.39, 0.29) is 17.7 Å². The summed E-state index contributed by atoms with van der Waals surface area (Å²) in [5.41, 5.74) is 2.88. The molecular weight excluding hydrogens is 354 g/mol. The molecule has 144 valence electrons. The summed E-state index contributed by atoms with van der Waals surface area (Å²) < 4.78 is 10.8. The van der Waals surface area contributed by atoms with Crippen LogP contribution in [0.25, 0.3) is 0 Å². The normalized spacial score (nSPS) is 21.1. The Balaban J connectivity index is 1.74. The largest absolute Gasteiger partial charge is 0.493 e. The molecule has 6 heteroatoms. The predicted molar refractivity (Wildman–Crippen MR) is 106 cm³/mol. The summed E-state index contributed by atoms with van der Waals surface area (Å²) in [6.45, 7) is 0.436. The molecule has 2 heterocycles. The topological polar surface area (TPSA) is 64.0 Å². The highest BCUT2D eigenvalue weighted by Crippen LogP contribution is 2.37. The maximum atomic E-state index is 13.1. The van der Waals surface area contributed by atoms with E-state index in [1.807, 2.05) is 30.3 Å². The van der Waals surface area contributed by atoms with E-state index in [2.05, 4.69) is 17.1 Å². The molecule has 2 aromatic rings. The average molecular weight is 377 g/mol. The third-order valence-electron chi connectivity index (χ3n) is 5.34. The highest BCUT2D eigenvalue weighted by Gasteiger charge is 2.40. The fourth-order valence-electron chi connectivity index (χ4n) is 3.88. The molecule has 4 rings (SSSR count). The Hall–Kier alpha value is -3.15. The number of nitrogens with zero attached hydrogens (tertiary/aromatic N) is 3. The van der Waals surface area contributed by atoms with Crippen molar-refractivity contribution in [2.75, 3.05) is 14.2 Å². The molecule has 0 fully saturated rings. The number of hydrogen-bond donors (Lipinski definition) is 0.